The predicted octanol–water partition coefficient (Wildman–Crippen LogP) is 1.70. The number of alkyl halides is 3. The van der Waals surface area contributed by atoms with Crippen LogP contribution in [0.15, 0.2) is 0 Å². The molecular formula is C10H14F3NO3. The Balaban J connectivity index is 2.30. The van der Waals surface area contributed by atoms with Gasteiger partial charge in [0.15, 0.2) is 0 Å². The fourth-order valence-corrected chi connectivity index (χ4v) is 1.68. The van der Waals surface area contributed by atoms with Crippen LogP contribution in [-0.2, 0) is 9.59 Å². The van der Waals surface area contributed by atoms with Gasteiger partial charge in [0, 0.05) is 13.0 Å². The van der Waals surface area contributed by atoms with Crippen LogP contribution in [0.2, 0.25) is 0 Å². The normalized spacial score (nSPS) is 18.3. The molecule has 0 aliphatic heterocycles. The molecule has 1 fully saturated rings. The lowest BCUT2D eigenvalue weighted by atomic mass is 9.69. The summed E-state index contributed by atoms with van der Waals surface area (Å²) in [5.74, 6) is -1.75. The first-order chi connectivity index (χ1) is 7.75. The minimum absolute atomic E-state index is 0.0843. The van der Waals surface area contributed by atoms with Gasteiger partial charge in [-0.2, -0.15) is 13.2 Å². The van der Waals surface area contributed by atoms with Crippen molar-refractivity contribution in [2.45, 2.75) is 38.3 Å². The highest BCUT2D eigenvalue weighted by Gasteiger charge is 2.44. The van der Waals surface area contributed by atoms with E-state index in [-0.39, 0.29) is 6.54 Å². The number of carbonyl (C=O) groups excluding carboxylic acids is 1. The highest BCUT2D eigenvalue weighted by atomic mass is 19.4. The van der Waals surface area contributed by atoms with Crippen molar-refractivity contribution in [3.8, 4) is 0 Å². The van der Waals surface area contributed by atoms with Crippen molar-refractivity contribution in [3.63, 3.8) is 0 Å². The van der Waals surface area contributed by atoms with E-state index in [1.165, 1.54) is 0 Å². The van der Waals surface area contributed by atoms with Gasteiger partial charge in [-0.25, -0.2) is 0 Å². The van der Waals surface area contributed by atoms with Gasteiger partial charge in [0.2, 0.25) is 5.91 Å². The highest BCUT2D eigenvalue weighted by molar-refractivity contribution is 5.79. The van der Waals surface area contributed by atoms with Crippen LogP contribution < -0.4 is 5.32 Å². The zero-order valence-corrected chi connectivity index (χ0v) is 9.14. The Labute approximate surface area is 96.2 Å². The van der Waals surface area contributed by atoms with E-state index in [9.17, 15) is 22.8 Å². The number of aliphatic carboxylic acids is 1. The summed E-state index contributed by atoms with van der Waals surface area (Å²) in [5, 5.41) is 11.2. The summed E-state index contributed by atoms with van der Waals surface area (Å²) in [6.07, 6.45) is -4.51. The number of amides is 1. The smallest absolute Gasteiger partial charge is 0.389 e. The zero-order valence-electron chi connectivity index (χ0n) is 9.14. The van der Waals surface area contributed by atoms with Crippen LogP contribution >= 0.6 is 0 Å². The molecule has 1 aliphatic carbocycles. The fourth-order valence-electron chi connectivity index (χ4n) is 1.68. The lowest BCUT2D eigenvalue weighted by molar-refractivity contribution is -0.155. The van der Waals surface area contributed by atoms with E-state index in [4.69, 9.17) is 5.11 Å². The van der Waals surface area contributed by atoms with Gasteiger partial charge in [0.05, 0.1) is 11.8 Å². The molecule has 0 aromatic heterocycles. The van der Waals surface area contributed by atoms with Crippen LogP contribution in [0.4, 0.5) is 13.2 Å². The molecule has 0 radical (unpaired) electrons. The van der Waals surface area contributed by atoms with Crippen molar-refractivity contribution in [2.24, 2.45) is 5.41 Å². The minimum atomic E-state index is -4.36. The summed E-state index contributed by atoms with van der Waals surface area (Å²) in [6, 6.07) is 0. The number of rotatable bonds is 5. The SMILES string of the molecule is O=C(CCC(F)(F)F)NCC1(C(=O)O)CCC1. The third-order valence-corrected chi connectivity index (χ3v) is 3.02. The molecule has 0 bridgehead atoms. The van der Waals surface area contributed by atoms with E-state index < -0.39 is 36.3 Å². The van der Waals surface area contributed by atoms with E-state index in [1.807, 2.05) is 0 Å². The first-order valence-electron chi connectivity index (χ1n) is 5.32. The van der Waals surface area contributed by atoms with Crippen LogP contribution in [0.25, 0.3) is 0 Å². The van der Waals surface area contributed by atoms with Gasteiger partial charge < -0.3 is 10.4 Å². The molecule has 2 N–H and O–H groups in total. The summed E-state index contributed by atoms with van der Waals surface area (Å²) in [5.41, 5.74) is -0.964. The third kappa shape index (κ3) is 3.90. The monoisotopic (exact) mass is 253 g/mol. The third-order valence-electron chi connectivity index (χ3n) is 3.02. The molecule has 0 aromatic carbocycles. The van der Waals surface area contributed by atoms with Crippen molar-refractivity contribution in [1.82, 2.24) is 5.32 Å². The van der Waals surface area contributed by atoms with Crippen LogP contribution in [0.3, 0.4) is 0 Å². The second-order valence-electron chi connectivity index (χ2n) is 4.33. The molecule has 0 unspecified atom stereocenters. The Bertz CT molecular complexity index is 310. The average Bonchev–Trinajstić information content (AvgIpc) is 2.11. The maximum Gasteiger partial charge on any atom is 0.389 e. The van der Waals surface area contributed by atoms with E-state index in [1.54, 1.807) is 0 Å². The van der Waals surface area contributed by atoms with Gasteiger partial charge in [0.1, 0.15) is 0 Å². The molecular weight excluding hydrogens is 239 g/mol. The molecule has 0 spiro atoms. The first kappa shape index (κ1) is 13.8. The predicted molar refractivity (Wildman–Crippen MR) is 52.2 cm³/mol. The van der Waals surface area contributed by atoms with Gasteiger partial charge in [-0.3, -0.25) is 9.59 Å². The minimum Gasteiger partial charge on any atom is -0.481 e. The fraction of sp³-hybridized carbons (Fsp3) is 0.800. The van der Waals surface area contributed by atoms with E-state index >= 15 is 0 Å². The highest BCUT2D eigenvalue weighted by Crippen LogP contribution is 2.40. The Morgan fingerprint density at radius 1 is 1.29 bits per heavy atom. The lowest BCUT2D eigenvalue weighted by Crippen LogP contribution is -2.47. The average molecular weight is 253 g/mol. The Kier molecular flexibility index (Phi) is 4.00. The maximum absolute atomic E-state index is 11.8. The summed E-state index contributed by atoms with van der Waals surface area (Å²) in [6.45, 7) is -0.0843. The van der Waals surface area contributed by atoms with Gasteiger partial charge in [-0.15, -0.1) is 0 Å². The Morgan fingerprint density at radius 3 is 2.24 bits per heavy atom. The molecule has 0 atom stereocenters. The quantitative estimate of drug-likeness (QED) is 0.783. The number of carbonyl (C=O) groups is 2. The number of nitrogens with one attached hydrogen (secondary N) is 1. The van der Waals surface area contributed by atoms with Crippen molar-refractivity contribution >= 4 is 11.9 Å². The van der Waals surface area contributed by atoms with Gasteiger partial charge >= 0.3 is 12.1 Å². The molecule has 0 aromatic rings. The number of hydrogen-bond donors (Lipinski definition) is 2. The molecule has 17 heavy (non-hydrogen) atoms. The van der Waals surface area contributed by atoms with Crippen LogP contribution in [-0.4, -0.2) is 29.7 Å². The number of carboxylic acids is 1. The molecule has 4 nitrogen and oxygen atoms in total. The lowest BCUT2D eigenvalue weighted by Gasteiger charge is -2.37. The number of carboxylic acid groups (broad SMARTS) is 1. The van der Waals surface area contributed by atoms with Gasteiger partial charge in [-0.1, -0.05) is 6.42 Å². The standard InChI is InChI=1S/C10H14F3NO3/c11-10(12,13)5-2-7(15)14-6-9(8(16)17)3-1-4-9/h1-6H2,(H,14,15)(H,16,17). The molecule has 7 heteroatoms. The number of hydrogen-bond acceptors (Lipinski definition) is 2. The molecule has 1 saturated carbocycles. The Hall–Kier alpha value is -1.27. The van der Waals surface area contributed by atoms with Crippen molar-refractivity contribution < 1.29 is 27.9 Å². The first-order valence-corrected chi connectivity index (χ1v) is 5.32. The topological polar surface area (TPSA) is 66.4 Å². The zero-order chi connectivity index (χ0) is 13.1. The van der Waals surface area contributed by atoms with Gasteiger partial charge in [0.25, 0.3) is 0 Å². The second-order valence-corrected chi connectivity index (χ2v) is 4.33. The Morgan fingerprint density at radius 2 is 1.88 bits per heavy atom. The van der Waals surface area contributed by atoms with E-state index in [0.29, 0.717) is 12.8 Å². The molecule has 1 rings (SSSR count). The summed E-state index contributed by atoms with van der Waals surface area (Å²) in [7, 11) is 0. The molecule has 1 aliphatic rings. The van der Waals surface area contributed by atoms with Crippen molar-refractivity contribution in [1.29, 1.82) is 0 Å². The molecule has 0 saturated heterocycles. The van der Waals surface area contributed by atoms with E-state index in [2.05, 4.69) is 5.32 Å². The van der Waals surface area contributed by atoms with Crippen LogP contribution in [0.5, 0.6) is 0 Å². The van der Waals surface area contributed by atoms with Crippen molar-refractivity contribution in [2.75, 3.05) is 6.54 Å². The second kappa shape index (κ2) is 4.93. The molecule has 0 heterocycles. The van der Waals surface area contributed by atoms with Crippen molar-refractivity contribution in [3.05, 3.63) is 0 Å². The molecule has 1 amide bonds. The summed E-state index contributed by atoms with van der Waals surface area (Å²) < 4.78 is 35.5. The van der Waals surface area contributed by atoms with Crippen LogP contribution in [0, 0.1) is 5.41 Å². The largest absolute Gasteiger partial charge is 0.481 e. The van der Waals surface area contributed by atoms with Crippen LogP contribution in [0.1, 0.15) is 32.1 Å². The maximum atomic E-state index is 11.8. The van der Waals surface area contributed by atoms with Gasteiger partial charge in [-0.05, 0) is 12.8 Å². The number of halogens is 3. The van der Waals surface area contributed by atoms with E-state index in [0.717, 1.165) is 6.42 Å². The summed E-state index contributed by atoms with van der Waals surface area (Å²) >= 11 is 0. The molecule has 98 valence electrons. The summed E-state index contributed by atoms with van der Waals surface area (Å²) in [4.78, 5) is 22.0.